The highest BCUT2D eigenvalue weighted by Gasteiger charge is 2.28. The fourth-order valence-corrected chi connectivity index (χ4v) is 5.00. The molecule has 1 aliphatic rings. The minimum absolute atomic E-state index is 0.132. The van der Waals surface area contributed by atoms with E-state index in [1.165, 1.54) is 16.7 Å². The average Bonchev–Trinajstić information content (AvgIpc) is 3.28. The maximum atomic E-state index is 13.7. The van der Waals surface area contributed by atoms with Gasteiger partial charge in [0.25, 0.3) is 5.56 Å². The molecule has 1 fully saturated rings. The number of alkyl carbamates (subject to hydrolysis) is 1. The van der Waals surface area contributed by atoms with Crippen molar-refractivity contribution in [1.29, 1.82) is 0 Å². The lowest BCUT2D eigenvalue weighted by Crippen LogP contribution is -2.49. The molecule has 1 aliphatic heterocycles. The number of benzene rings is 2. The van der Waals surface area contributed by atoms with Crippen LogP contribution in [0.15, 0.2) is 59.4 Å². The van der Waals surface area contributed by atoms with Crippen LogP contribution in [-0.2, 0) is 24.9 Å². The SMILES string of the molecule is Cn1c(NCc2ccc(F)cc2)nc2nc(N3CCCC(NC(=O)OC(C)(C)C)C3)n(Cc3ccccc3)c2c1=O. The van der Waals surface area contributed by atoms with Gasteiger partial charge in [0, 0.05) is 32.7 Å². The van der Waals surface area contributed by atoms with E-state index < -0.39 is 11.7 Å². The Morgan fingerprint density at radius 1 is 1.07 bits per heavy atom. The van der Waals surface area contributed by atoms with Crippen molar-refractivity contribution in [2.45, 2.75) is 58.3 Å². The van der Waals surface area contributed by atoms with Gasteiger partial charge in [0.15, 0.2) is 11.2 Å². The van der Waals surface area contributed by atoms with E-state index in [0.29, 0.717) is 42.7 Å². The van der Waals surface area contributed by atoms with Crippen molar-refractivity contribution >= 4 is 29.2 Å². The summed E-state index contributed by atoms with van der Waals surface area (Å²) in [5, 5.41) is 6.18. The van der Waals surface area contributed by atoms with Crippen LogP contribution in [-0.4, -0.2) is 49.9 Å². The third kappa shape index (κ3) is 6.67. The molecule has 216 valence electrons. The largest absolute Gasteiger partial charge is 0.444 e. The van der Waals surface area contributed by atoms with Gasteiger partial charge in [0.1, 0.15) is 11.4 Å². The maximum Gasteiger partial charge on any atom is 0.407 e. The third-order valence-corrected chi connectivity index (χ3v) is 6.94. The van der Waals surface area contributed by atoms with Gasteiger partial charge in [0.2, 0.25) is 11.9 Å². The average molecular weight is 562 g/mol. The van der Waals surface area contributed by atoms with Gasteiger partial charge in [-0.25, -0.2) is 9.18 Å². The number of ether oxygens (including phenoxy) is 1. The Labute approximate surface area is 238 Å². The first-order valence-corrected chi connectivity index (χ1v) is 13.8. The van der Waals surface area contributed by atoms with Crippen LogP contribution in [0.4, 0.5) is 21.1 Å². The van der Waals surface area contributed by atoms with Crippen LogP contribution in [0.3, 0.4) is 0 Å². The zero-order chi connectivity index (χ0) is 29.1. The van der Waals surface area contributed by atoms with Crippen molar-refractivity contribution in [2.75, 3.05) is 23.3 Å². The molecule has 2 aromatic carbocycles. The van der Waals surface area contributed by atoms with Gasteiger partial charge in [-0.15, -0.1) is 0 Å². The summed E-state index contributed by atoms with van der Waals surface area (Å²) in [5.74, 6) is 0.684. The summed E-state index contributed by atoms with van der Waals surface area (Å²) in [7, 11) is 1.67. The zero-order valence-corrected chi connectivity index (χ0v) is 23.9. The van der Waals surface area contributed by atoms with Crippen molar-refractivity contribution < 1.29 is 13.9 Å². The van der Waals surface area contributed by atoms with E-state index in [1.807, 2.05) is 55.7 Å². The van der Waals surface area contributed by atoms with E-state index in [-0.39, 0.29) is 17.4 Å². The second-order valence-electron chi connectivity index (χ2n) is 11.4. The van der Waals surface area contributed by atoms with Gasteiger partial charge >= 0.3 is 6.09 Å². The number of aromatic nitrogens is 4. The Hall–Kier alpha value is -4.41. The monoisotopic (exact) mass is 561 g/mol. The number of piperidine rings is 1. The summed E-state index contributed by atoms with van der Waals surface area (Å²) in [6.45, 7) is 7.56. The molecule has 2 aromatic heterocycles. The molecule has 1 unspecified atom stereocenters. The van der Waals surface area contributed by atoms with Crippen LogP contribution < -0.4 is 21.1 Å². The van der Waals surface area contributed by atoms with E-state index in [1.54, 1.807) is 19.2 Å². The molecule has 10 nitrogen and oxygen atoms in total. The van der Waals surface area contributed by atoms with Crippen LogP contribution in [0.5, 0.6) is 0 Å². The van der Waals surface area contributed by atoms with E-state index in [9.17, 15) is 14.0 Å². The van der Waals surface area contributed by atoms with Crippen LogP contribution in [0, 0.1) is 5.82 Å². The number of halogens is 1. The first-order valence-electron chi connectivity index (χ1n) is 13.8. The quantitative estimate of drug-likeness (QED) is 0.344. The van der Waals surface area contributed by atoms with Gasteiger partial charge in [-0.05, 0) is 56.9 Å². The number of anilines is 2. The fraction of sp³-hybridized carbons (Fsp3) is 0.400. The highest BCUT2D eigenvalue weighted by molar-refractivity contribution is 5.76. The minimum atomic E-state index is -0.587. The molecule has 1 saturated heterocycles. The van der Waals surface area contributed by atoms with Gasteiger partial charge < -0.3 is 20.3 Å². The molecule has 1 atom stereocenters. The van der Waals surface area contributed by atoms with Crippen LogP contribution >= 0.6 is 0 Å². The maximum absolute atomic E-state index is 13.7. The molecule has 0 bridgehead atoms. The molecular weight excluding hydrogens is 525 g/mol. The van der Waals surface area contributed by atoms with Gasteiger partial charge in [-0.3, -0.25) is 13.9 Å². The summed E-state index contributed by atoms with van der Waals surface area (Å²) in [6, 6.07) is 15.9. The Morgan fingerprint density at radius 2 is 1.80 bits per heavy atom. The highest BCUT2D eigenvalue weighted by atomic mass is 19.1. The van der Waals surface area contributed by atoms with Crippen LogP contribution in [0.2, 0.25) is 0 Å². The zero-order valence-electron chi connectivity index (χ0n) is 23.9. The first kappa shape index (κ1) is 28.1. The van der Waals surface area contributed by atoms with E-state index >= 15 is 0 Å². The normalized spacial score (nSPS) is 15.6. The number of hydrogen-bond acceptors (Lipinski definition) is 7. The van der Waals surface area contributed by atoms with Crippen molar-refractivity contribution in [3.05, 3.63) is 81.9 Å². The highest BCUT2D eigenvalue weighted by Crippen LogP contribution is 2.25. The second kappa shape index (κ2) is 11.6. The Balaban J connectivity index is 1.48. The number of amides is 1. The third-order valence-electron chi connectivity index (χ3n) is 6.94. The number of nitrogens with one attached hydrogen (secondary N) is 2. The van der Waals surface area contributed by atoms with Crippen molar-refractivity contribution in [1.82, 2.24) is 24.4 Å². The smallest absolute Gasteiger partial charge is 0.407 e. The number of carbonyl (C=O) groups excluding carboxylic acids is 1. The Bertz CT molecular complexity index is 1580. The topological polar surface area (TPSA) is 106 Å². The number of rotatable bonds is 7. The molecule has 0 spiro atoms. The minimum Gasteiger partial charge on any atom is -0.444 e. The van der Waals surface area contributed by atoms with Crippen molar-refractivity contribution in [3.8, 4) is 0 Å². The van der Waals surface area contributed by atoms with E-state index in [4.69, 9.17) is 14.7 Å². The number of imidazole rings is 1. The predicted octanol–water partition coefficient (Wildman–Crippen LogP) is 4.42. The first-order chi connectivity index (χ1) is 19.6. The molecule has 1 amide bonds. The lowest BCUT2D eigenvalue weighted by molar-refractivity contribution is 0.0499. The number of nitrogens with zero attached hydrogens (tertiary/aromatic N) is 5. The summed E-state index contributed by atoms with van der Waals surface area (Å²) in [6.07, 6.45) is 1.20. The lowest BCUT2D eigenvalue weighted by Gasteiger charge is -2.34. The van der Waals surface area contributed by atoms with Crippen molar-refractivity contribution in [2.24, 2.45) is 7.05 Å². The predicted molar refractivity (Wildman–Crippen MR) is 157 cm³/mol. The molecule has 3 heterocycles. The molecule has 5 rings (SSSR count). The molecule has 0 saturated carbocycles. The molecule has 11 heteroatoms. The van der Waals surface area contributed by atoms with Gasteiger partial charge in [-0.2, -0.15) is 9.97 Å². The summed E-state index contributed by atoms with van der Waals surface area (Å²) in [4.78, 5) is 37.9. The van der Waals surface area contributed by atoms with Crippen molar-refractivity contribution in [3.63, 3.8) is 0 Å². The molecule has 0 aliphatic carbocycles. The van der Waals surface area contributed by atoms with Gasteiger partial charge in [0.05, 0.1) is 6.54 Å². The molecule has 0 radical (unpaired) electrons. The van der Waals surface area contributed by atoms with Gasteiger partial charge in [-0.1, -0.05) is 42.5 Å². The molecular formula is C30H36FN7O3. The summed E-state index contributed by atoms with van der Waals surface area (Å²) < 4.78 is 22.2. The molecule has 4 aromatic rings. The van der Waals surface area contributed by atoms with E-state index in [0.717, 1.165) is 30.5 Å². The second-order valence-corrected chi connectivity index (χ2v) is 11.4. The molecule has 2 N–H and O–H groups in total. The van der Waals surface area contributed by atoms with Crippen LogP contribution in [0.1, 0.15) is 44.7 Å². The van der Waals surface area contributed by atoms with Crippen LogP contribution in [0.25, 0.3) is 11.2 Å². The Morgan fingerprint density at radius 3 is 2.51 bits per heavy atom. The fourth-order valence-electron chi connectivity index (χ4n) is 5.00. The number of fused-ring (bicyclic) bond motifs is 1. The number of hydrogen-bond donors (Lipinski definition) is 2. The number of carbonyl (C=O) groups is 1. The van der Waals surface area contributed by atoms with E-state index in [2.05, 4.69) is 15.5 Å². The Kier molecular flexibility index (Phi) is 7.96. The molecule has 41 heavy (non-hydrogen) atoms. The lowest BCUT2D eigenvalue weighted by atomic mass is 10.1. The summed E-state index contributed by atoms with van der Waals surface area (Å²) in [5.41, 5.74) is 1.80. The standard InChI is InChI=1S/C30H36FN7O3/c1-30(2,3)41-29(40)33-23-11-8-16-37(19-23)28-35-25-24(38(28)18-21-9-6-5-7-10-21)26(39)36(4)27(34-25)32-17-20-12-14-22(31)15-13-20/h5-7,9-10,12-15,23H,8,11,16-19H2,1-4H3,(H,32,34)(H,33,40). The summed E-state index contributed by atoms with van der Waals surface area (Å²) >= 11 is 0.